The molecule has 0 unspecified atom stereocenters. The molecule has 2 rings (SSSR count). The van der Waals surface area contributed by atoms with E-state index in [4.69, 9.17) is 21.4 Å². The van der Waals surface area contributed by atoms with Gasteiger partial charge in [0.2, 0.25) is 0 Å². The zero-order valence-corrected chi connectivity index (χ0v) is 9.46. The number of rotatable bonds is 3. The molecule has 0 atom stereocenters. The van der Waals surface area contributed by atoms with Gasteiger partial charge < -0.3 is 9.84 Å². The fourth-order valence-corrected chi connectivity index (χ4v) is 1.84. The number of carbonyl (C=O) groups is 1. The molecule has 4 nitrogen and oxygen atoms in total. The van der Waals surface area contributed by atoms with E-state index < -0.39 is 5.97 Å². The molecule has 0 amide bonds. The first kappa shape index (κ1) is 10.9. The number of carboxylic acid groups (broad SMARTS) is 1. The van der Waals surface area contributed by atoms with Gasteiger partial charge in [0.1, 0.15) is 10.6 Å². The summed E-state index contributed by atoms with van der Waals surface area (Å²) in [5, 5.41) is 9.53. The molecule has 0 bridgehead atoms. The van der Waals surface area contributed by atoms with Gasteiger partial charge in [-0.05, 0) is 18.2 Å². The Kier molecular flexibility index (Phi) is 3.07. The standard InChI is InChI=1S/C10H6ClNO3S/c11-6-2-1-3-7(4-6)15-10-12-5-8(16-10)9(13)14/h1-5H,(H,13,14). The number of nitrogens with zero attached hydrogens (tertiary/aromatic N) is 1. The van der Waals surface area contributed by atoms with Gasteiger partial charge in [0.25, 0.3) is 5.19 Å². The molecule has 1 aromatic carbocycles. The number of hydrogen-bond donors (Lipinski definition) is 1. The Morgan fingerprint density at radius 3 is 2.94 bits per heavy atom. The molecule has 0 aliphatic heterocycles. The molecule has 0 saturated carbocycles. The first-order chi connectivity index (χ1) is 7.65. The molecule has 6 heteroatoms. The lowest BCUT2D eigenvalue weighted by Gasteiger charge is -2.00. The van der Waals surface area contributed by atoms with Crippen molar-refractivity contribution >= 4 is 28.9 Å². The van der Waals surface area contributed by atoms with Crippen molar-refractivity contribution in [1.82, 2.24) is 4.98 Å². The van der Waals surface area contributed by atoms with Crippen LogP contribution in [0.5, 0.6) is 10.9 Å². The monoisotopic (exact) mass is 255 g/mol. The summed E-state index contributed by atoms with van der Waals surface area (Å²) < 4.78 is 5.35. The normalized spacial score (nSPS) is 10.1. The molecule has 1 heterocycles. The highest BCUT2D eigenvalue weighted by Crippen LogP contribution is 2.27. The summed E-state index contributed by atoms with van der Waals surface area (Å²) >= 11 is 6.74. The van der Waals surface area contributed by atoms with Crippen LogP contribution in [-0.2, 0) is 0 Å². The SMILES string of the molecule is O=C(O)c1cnc(Oc2cccc(Cl)c2)s1. The van der Waals surface area contributed by atoms with Gasteiger partial charge in [-0.25, -0.2) is 9.78 Å². The Morgan fingerprint density at radius 1 is 1.50 bits per heavy atom. The average Bonchev–Trinajstić information content (AvgIpc) is 2.66. The highest BCUT2D eigenvalue weighted by Gasteiger charge is 2.09. The second kappa shape index (κ2) is 4.51. The molecule has 0 radical (unpaired) electrons. The van der Waals surface area contributed by atoms with Crippen molar-refractivity contribution in [1.29, 1.82) is 0 Å². The third-order valence-electron chi connectivity index (χ3n) is 1.70. The number of thiazole rings is 1. The predicted octanol–water partition coefficient (Wildman–Crippen LogP) is 3.29. The van der Waals surface area contributed by atoms with E-state index in [2.05, 4.69) is 4.98 Å². The predicted molar refractivity (Wildman–Crippen MR) is 60.6 cm³/mol. The van der Waals surface area contributed by atoms with Gasteiger partial charge in [-0.15, -0.1) is 0 Å². The maximum absolute atomic E-state index is 10.6. The van der Waals surface area contributed by atoms with E-state index in [0.717, 1.165) is 11.3 Å². The van der Waals surface area contributed by atoms with Crippen molar-refractivity contribution in [2.45, 2.75) is 0 Å². The lowest BCUT2D eigenvalue weighted by atomic mass is 10.3. The minimum atomic E-state index is -1.02. The number of ether oxygens (including phenoxy) is 1. The smallest absolute Gasteiger partial charge is 0.347 e. The Hall–Kier alpha value is -1.59. The van der Waals surface area contributed by atoms with Gasteiger partial charge in [0.05, 0.1) is 6.20 Å². The molecule has 0 aliphatic carbocycles. The number of aromatic nitrogens is 1. The molecular weight excluding hydrogens is 250 g/mol. The van der Waals surface area contributed by atoms with Crippen LogP contribution in [0.15, 0.2) is 30.5 Å². The largest absolute Gasteiger partial charge is 0.477 e. The van der Waals surface area contributed by atoms with Gasteiger partial charge in [-0.1, -0.05) is 29.0 Å². The Labute approximate surface area is 100 Å². The summed E-state index contributed by atoms with van der Waals surface area (Å²) in [5.74, 6) is -0.489. The van der Waals surface area contributed by atoms with Crippen LogP contribution in [-0.4, -0.2) is 16.1 Å². The van der Waals surface area contributed by atoms with Crippen LogP contribution in [0.1, 0.15) is 9.67 Å². The van der Waals surface area contributed by atoms with Crippen LogP contribution in [0, 0.1) is 0 Å². The Balaban J connectivity index is 2.17. The molecule has 0 aliphatic rings. The van der Waals surface area contributed by atoms with Crippen LogP contribution in [0.25, 0.3) is 0 Å². The van der Waals surface area contributed by atoms with E-state index in [1.165, 1.54) is 6.20 Å². The topological polar surface area (TPSA) is 59.4 Å². The number of hydrogen-bond acceptors (Lipinski definition) is 4. The first-order valence-corrected chi connectivity index (χ1v) is 5.47. The lowest BCUT2D eigenvalue weighted by molar-refractivity contribution is 0.0702. The third kappa shape index (κ3) is 2.50. The van der Waals surface area contributed by atoms with E-state index in [-0.39, 0.29) is 10.1 Å². The maximum atomic E-state index is 10.6. The molecule has 0 spiro atoms. The summed E-state index contributed by atoms with van der Waals surface area (Å²) in [4.78, 5) is 14.6. The van der Waals surface area contributed by atoms with Gasteiger partial charge in [0.15, 0.2) is 0 Å². The van der Waals surface area contributed by atoms with E-state index in [1.807, 2.05) is 0 Å². The number of halogens is 1. The zero-order valence-electron chi connectivity index (χ0n) is 7.88. The van der Waals surface area contributed by atoms with Crippen molar-refractivity contribution < 1.29 is 14.6 Å². The van der Waals surface area contributed by atoms with E-state index in [0.29, 0.717) is 10.8 Å². The van der Waals surface area contributed by atoms with Crippen LogP contribution < -0.4 is 4.74 Å². The summed E-state index contributed by atoms with van der Waals surface area (Å²) in [6, 6.07) is 6.81. The molecule has 2 aromatic rings. The molecule has 1 aromatic heterocycles. The maximum Gasteiger partial charge on any atom is 0.347 e. The summed E-state index contributed by atoms with van der Waals surface area (Å²) in [6.45, 7) is 0. The molecule has 0 saturated heterocycles. The highest BCUT2D eigenvalue weighted by atomic mass is 35.5. The van der Waals surface area contributed by atoms with E-state index in [9.17, 15) is 4.79 Å². The van der Waals surface area contributed by atoms with Crippen molar-refractivity contribution in [3.05, 3.63) is 40.4 Å². The number of benzene rings is 1. The number of carboxylic acids is 1. The molecule has 0 fully saturated rings. The lowest BCUT2D eigenvalue weighted by Crippen LogP contribution is -1.89. The Morgan fingerprint density at radius 2 is 2.31 bits per heavy atom. The van der Waals surface area contributed by atoms with E-state index >= 15 is 0 Å². The van der Waals surface area contributed by atoms with Crippen LogP contribution >= 0.6 is 22.9 Å². The minimum absolute atomic E-state index is 0.136. The second-order valence-corrected chi connectivity index (χ2v) is 4.28. The zero-order chi connectivity index (χ0) is 11.5. The van der Waals surface area contributed by atoms with Crippen molar-refractivity contribution in [2.24, 2.45) is 0 Å². The summed E-state index contributed by atoms with van der Waals surface area (Å²) in [5.41, 5.74) is 0. The van der Waals surface area contributed by atoms with Gasteiger partial charge in [0, 0.05) is 5.02 Å². The van der Waals surface area contributed by atoms with Crippen molar-refractivity contribution in [3.8, 4) is 10.9 Å². The fraction of sp³-hybridized carbons (Fsp3) is 0. The summed E-state index contributed by atoms with van der Waals surface area (Å²) in [6.07, 6.45) is 1.26. The Bertz CT molecular complexity index is 526. The van der Waals surface area contributed by atoms with Crippen LogP contribution in [0.4, 0.5) is 0 Å². The van der Waals surface area contributed by atoms with Gasteiger partial charge in [-0.3, -0.25) is 0 Å². The molecule has 82 valence electrons. The molecule has 16 heavy (non-hydrogen) atoms. The van der Waals surface area contributed by atoms with Gasteiger partial charge in [-0.2, -0.15) is 0 Å². The molecule has 1 N–H and O–H groups in total. The first-order valence-electron chi connectivity index (χ1n) is 4.28. The van der Waals surface area contributed by atoms with Crippen LogP contribution in [0.2, 0.25) is 5.02 Å². The number of aromatic carboxylic acids is 1. The van der Waals surface area contributed by atoms with Crippen molar-refractivity contribution in [2.75, 3.05) is 0 Å². The van der Waals surface area contributed by atoms with Gasteiger partial charge >= 0.3 is 5.97 Å². The minimum Gasteiger partial charge on any atom is -0.477 e. The average molecular weight is 256 g/mol. The quantitative estimate of drug-likeness (QED) is 0.914. The fourth-order valence-electron chi connectivity index (χ4n) is 1.04. The van der Waals surface area contributed by atoms with Crippen molar-refractivity contribution in [3.63, 3.8) is 0 Å². The second-order valence-electron chi connectivity index (χ2n) is 2.86. The third-order valence-corrected chi connectivity index (χ3v) is 2.79. The molecular formula is C10H6ClNO3S. The summed E-state index contributed by atoms with van der Waals surface area (Å²) in [7, 11) is 0. The highest BCUT2D eigenvalue weighted by molar-refractivity contribution is 7.15. The van der Waals surface area contributed by atoms with Crippen LogP contribution in [0.3, 0.4) is 0 Å². The van der Waals surface area contributed by atoms with E-state index in [1.54, 1.807) is 24.3 Å².